The van der Waals surface area contributed by atoms with Crippen LogP contribution in [-0.2, 0) is 4.79 Å². The maximum atomic E-state index is 12.8. The van der Waals surface area contributed by atoms with Crippen LogP contribution in [0, 0.1) is 19.7 Å². The van der Waals surface area contributed by atoms with Gasteiger partial charge in [0, 0.05) is 24.7 Å². The maximum Gasteiger partial charge on any atom is 0.260 e. The van der Waals surface area contributed by atoms with E-state index in [4.69, 9.17) is 9.47 Å². The Bertz CT molecular complexity index is 731. The number of aromatic nitrogens is 2. The second kappa shape index (κ2) is 7.46. The van der Waals surface area contributed by atoms with Gasteiger partial charge in [-0.15, -0.1) is 0 Å². The highest BCUT2D eigenvalue weighted by Crippen LogP contribution is 2.18. The Balaban J connectivity index is 1.49. The van der Waals surface area contributed by atoms with E-state index in [-0.39, 0.29) is 24.4 Å². The smallest absolute Gasteiger partial charge is 0.260 e. The highest BCUT2D eigenvalue weighted by atomic mass is 19.1. The van der Waals surface area contributed by atoms with Crippen LogP contribution < -0.4 is 9.47 Å². The van der Waals surface area contributed by atoms with Gasteiger partial charge in [0.1, 0.15) is 23.5 Å². The lowest BCUT2D eigenvalue weighted by Crippen LogP contribution is -2.34. The molecule has 0 saturated carbocycles. The van der Waals surface area contributed by atoms with Gasteiger partial charge in [0.2, 0.25) is 5.88 Å². The van der Waals surface area contributed by atoms with E-state index in [0.29, 0.717) is 30.5 Å². The summed E-state index contributed by atoms with van der Waals surface area (Å²) < 4.78 is 24.1. The maximum absolute atomic E-state index is 12.8. The number of hydrogen-bond acceptors (Lipinski definition) is 5. The summed E-state index contributed by atoms with van der Waals surface area (Å²) in [6.45, 7) is 4.73. The third-order valence-corrected chi connectivity index (χ3v) is 3.90. The lowest BCUT2D eigenvalue weighted by Gasteiger charge is -2.17. The van der Waals surface area contributed by atoms with Crippen molar-refractivity contribution in [2.45, 2.75) is 26.4 Å². The van der Waals surface area contributed by atoms with E-state index in [1.807, 2.05) is 13.8 Å². The van der Waals surface area contributed by atoms with Crippen molar-refractivity contribution in [3.05, 3.63) is 47.7 Å². The molecule has 1 amide bonds. The second-order valence-electron chi connectivity index (χ2n) is 6.01. The van der Waals surface area contributed by atoms with Gasteiger partial charge in [-0.3, -0.25) is 4.79 Å². The van der Waals surface area contributed by atoms with Gasteiger partial charge in [0.15, 0.2) is 6.61 Å². The molecule has 1 atom stereocenters. The van der Waals surface area contributed by atoms with Crippen LogP contribution >= 0.6 is 0 Å². The zero-order chi connectivity index (χ0) is 17.8. The number of carbonyl (C=O) groups excluding carboxylic acids is 1. The number of aryl methyl sites for hydroxylation is 2. The number of nitrogens with zero attached hydrogens (tertiary/aromatic N) is 3. The van der Waals surface area contributed by atoms with Crippen molar-refractivity contribution in [3.8, 4) is 11.6 Å². The topological polar surface area (TPSA) is 64.5 Å². The number of ether oxygens (including phenoxy) is 2. The Kier molecular flexibility index (Phi) is 5.11. The van der Waals surface area contributed by atoms with Crippen LogP contribution in [0.4, 0.5) is 4.39 Å². The van der Waals surface area contributed by atoms with Crippen LogP contribution in [0.2, 0.25) is 0 Å². The first kappa shape index (κ1) is 17.1. The van der Waals surface area contributed by atoms with Gasteiger partial charge in [0.25, 0.3) is 5.91 Å². The minimum Gasteiger partial charge on any atom is -0.484 e. The molecule has 1 aliphatic heterocycles. The Morgan fingerprint density at radius 2 is 2.04 bits per heavy atom. The molecule has 1 unspecified atom stereocenters. The summed E-state index contributed by atoms with van der Waals surface area (Å²) in [6, 6.07) is 7.38. The normalized spacial score (nSPS) is 16.8. The molecule has 2 aromatic rings. The van der Waals surface area contributed by atoms with E-state index in [2.05, 4.69) is 9.97 Å². The lowest BCUT2D eigenvalue weighted by atomic mass is 10.3. The van der Waals surface area contributed by atoms with Gasteiger partial charge in [-0.2, -0.15) is 4.98 Å². The molecule has 0 radical (unpaired) electrons. The fraction of sp³-hybridized carbons (Fsp3) is 0.389. The molecule has 0 N–H and O–H groups in total. The van der Waals surface area contributed by atoms with Gasteiger partial charge in [-0.25, -0.2) is 9.37 Å². The van der Waals surface area contributed by atoms with Crippen molar-refractivity contribution in [3.63, 3.8) is 0 Å². The summed E-state index contributed by atoms with van der Waals surface area (Å²) in [5.41, 5.74) is 0.848. The number of benzene rings is 1. The fourth-order valence-electron chi connectivity index (χ4n) is 2.73. The molecular formula is C18H20FN3O3. The summed E-state index contributed by atoms with van der Waals surface area (Å²) in [7, 11) is 0. The second-order valence-corrected chi connectivity index (χ2v) is 6.01. The molecule has 1 aromatic carbocycles. The predicted molar refractivity (Wildman–Crippen MR) is 89.0 cm³/mol. The molecule has 1 aliphatic rings. The standard InChI is InChI=1S/C18H20FN3O3/c1-12-9-17(21-13(2)20-12)25-16-7-8-22(10-16)18(23)11-24-15-5-3-14(19)4-6-15/h3-6,9,16H,7-8,10-11H2,1-2H3. The van der Waals surface area contributed by atoms with E-state index in [1.165, 1.54) is 24.3 Å². The molecule has 6 nitrogen and oxygen atoms in total. The fourth-order valence-corrected chi connectivity index (χ4v) is 2.73. The zero-order valence-corrected chi connectivity index (χ0v) is 14.2. The van der Waals surface area contributed by atoms with Gasteiger partial charge in [-0.1, -0.05) is 0 Å². The summed E-state index contributed by atoms with van der Waals surface area (Å²) >= 11 is 0. The molecule has 0 aliphatic carbocycles. The third-order valence-electron chi connectivity index (χ3n) is 3.90. The highest BCUT2D eigenvalue weighted by Gasteiger charge is 2.28. The third kappa shape index (κ3) is 4.65. The van der Waals surface area contributed by atoms with Crippen LogP contribution in [0.3, 0.4) is 0 Å². The van der Waals surface area contributed by atoms with Gasteiger partial charge in [-0.05, 0) is 38.1 Å². The van der Waals surface area contributed by atoms with Crippen molar-refractivity contribution in [2.75, 3.05) is 19.7 Å². The average molecular weight is 345 g/mol. The first-order valence-corrected chi connectivity index (χ1v) is 8.14. The molecule has 2 heterocycles. The van der Waals surface area contributed by atoms with E-state index in [9.17, 15) is 9.18 Å². The van der Waals surface area contributed by atoms with Gasteiger partial charge >= 0.3 is 0 Å². The van der Waals surface area contributed by atoms with Crippen molar-refractivity contribution in [2.24, 2.45) is 0 Å². The summed E-state index contributed by atoms with van der Waals surface area (Å²) in [5, 5.41) is 0. The largest absolute Gasteiger partial charge is 0.484 e. The minimum atomic E-state index is -0.339. The number of hydrogen-bond donors (Lipinski definition) is 0. The van der Waals surface area contributed by atoms with E-state index in [0.717, 1.165) is 12.1 Å². The summed E-state index contributed by atoms with van der Waals surface area (Å²) in [5.74, 6) is 1.20. The van der Waals surface area contributed by atoms with Gasteiger partial charge in [0.05, 0.1) is 6.54 Å². The molecule has 3 rings (SSSR count). The zero-order valence-electron chi connectivity index (χ0n) is 14.2. The lowest BCUT2D eigenvalue weighted by molar-refractivity contribution is -0.132. The highest BCUT2D eigenvalue weighted by molar-refractivity contribution is 5.78. The molecule has 132 valence electrons. The molecule has 7 heteroatoms. The monoisotopic (exact) mass is 345 g/mol. The number of carbonyl (C=O) groups is 1. The van der Waals surface area contributed by atoms with Crippen molar-refractivity contribution in [1.82, 2.24) is 14.9 Å². The Labute approximate surface area is 145 Å². The quantitative estimate of drug-likeness (QED) is 0.832. The first-order valence-electron chi connectivity index (χ1n) is 8.14. The van der Waals surface area contributed by atoms with Crippen LogP contribution in [-0.4, -0.2) is 46.6 Å². The number of rotatable bonds is 5. The minimum absolute atomic E-state index is 0.0793. The Morgan fingerprint density at radius 1 is 1.28 bits per heavy atom. The molecule has 1 aromatic heterocycles. The molecule has 0 spiro atoms. The Morgan fingerprint density at radius 3 is 2.76 bits per heavy atom. The summed E-state index contributed by atoms with van der Waals surface area (Å²) in [4.78, 5) is 22.4. The number of amides is 1. The molecule has 0 bridgehead atoms. The van der Waals surface area contributed by atoms with Crippen LogP contribution in [0.1, 0.15) is 17.9 Å². The van der Waals surface area contributed by atoms with Crippen molar-refractivity contribution >= 4 is 5.91 Å². The molecule has 1 saturated heterocycles. The van der Waals surface area contributed by atoms with Crippen LogP contribution in [0.5, 0.6) is 11.6 Å². The van der Waals surface area contributed by atoms with E-state index in [1.54, 1.807) is 11.0 Å². The molecular weight excluding hydrogens is 325 g/mol. The SMILES string of the molecule is Cc1cc(OC2CCN(C(=O)COc3ccc(F)cc3)C2)nc(C)n1. The number of halogens is 1. The predicted octanol–water partition coefficient (Wildman–Crippen LogP) is 2.29. The van der Waals surface area contributed by atoms with Crippen LogP contribution in [0.15, 0.2) is 30.3 Å². The first-order chi connectivity index (χ1) is 12.0. The van der Waals surface area contributed by atoms with Crippen molar-refractivity contribution in [1.29, 1.82) is 0 Å². The average Bonchev–Trinajstić information content (AvgIpc) is 3.01. The van der Waals surface area contributed by atoms with E-state index < -0.39 is 0 Å². The van der Waals surface area contributed by atoms with Crippen LogP contribution in [0.25, 0.3) is 0 Å². The van der Waals surface area contributed by atoms with E-state index >= 15 is 0 Å². The Hall–Kier alpha value is -2.70. The number of likely N-dealkylation sites (tertiary alicyclic amines) is 1. The van der Waals surface area contributed by atoms with Crippen molar-refractivity contribution < 1.29 is 18.7 Å². The summed E-state index contributed by atoms with van der Waals surface area (Å²) in [6.07, 6.45) is 0.646. The molecule has 1 fully saturated rings. The van der Waals surface area contributed by atoms with Gasteiger partial charge < -0.3 is 14.4 Å². The molecule has 25 heavy (non-hydrogen) atoms.